The second-order valence-electron chi connectivity index (χ2n) is 6.34. The van der Waals surface area contributed by atoms with Crippen LogP contribution in [0, 0.1) is 5.92 Å². The van der Waals surface area contributed by atoms with E-state index in [2.05, 4.69) is 5.32 Å². The van der Waals surface area contributed by atoms with E-state index >= 15 is 0 Å². The van der Waals surface area contributed by atoms with Crippen LogP contribution in [0.25, 0.3) is 0 Å². The van der Waals surface area contributed by atoms with Gasteiger partial charge >= 0.3 is 6.09 Å². The summed E-state index contributed by atoms with van der Waals surface area (Å²) in [6.07, 6.45) is 1.82. The Bertz CT molecular complexity index is 379. The molecule has 2 N–H and O–H groups in total. The first-order valence-corrected chi connectivity index (χ1v) is 7.54. The Morgan fingerprint density at radius 2 is 1.95 bits per heavy atom. The molecule has 0 fully saturated rings. The van der Waals surface area contributed by atoms with Gasteiger partial charge in [-0.25, -0.2) is 9.86 Å². The highest BCUT2D eigenvalue weighted by Gasteiger charge is 2.27. The number of carbonyl (C=O) groups excluding carboxylic acids is 3. The van der Waals surface area contributed by atoms with Crippen molar-refractivity contribution in [3.63, 3.8) is 0 Å². The third-order valence-corrected chi connectivity index (χ3v) is 3.00. The van der Waals surface area contributed by atoms with E-state index in [1.165, 1.54) is 0 Å². The van der Waals surface area contributed by atoms with Gasteiger partial charge in [0.15, 0.2) is 5.78 Å². The lowest BCUT2D eigenvalue weighted by molar-refractivity contribution is -0.154. The predicted octanol–water partition coefficient (Wildman–Crippen LogP) is 2.12. The summed E-state index contributed by atoms with van der Waals surface area (Å²) < 4.78 is 5.10. The number of ketones is 1. The zero-order valence-corrected chi connectivity index (χ0v) is 14.1. The highest BCUT2D eigenvalue weighted by atomic mass is 16.6. The minimum absolute atomic E-state index is 0.0807. The minimum atomic E-state index is -0.753. The van der Waals surface area contributed by atoms with Crippen molar-refractivity contribution in [2.24, 2.45) is 5.92 Å². The van der Waals surface area contributed by atoms with Crippen molar-refractivity contribution in [1.29, 1.82) is 0 Å². The van der Waals surface area contributed by atoms with Gasteiger partial charge < -0.3 is 10.1 Å². The Kier molecular flexibility index (Phi) is 8.70. The average Bonchev–Trinajstić information content (AvgIpc) is 2.39. The van der Waals surface area contributed by atoms with Crippen LogP contribution in [-0.4, -0.2) is 46.7 Å². The molecule has 0 aliphatic heterocycles. The number of hydroxylamine groups is 2. The monoisotopic (exact) mass is 316 g/mol. The highest BCUT2D eigenvalue weighted by Crippen LogP contribution is 2.14. The van der Waals surface area contributed by atoms with Crippen LogP contribution >= 0.6 is 0 Å². The number of amides is 2. The molecule has 22 heavy (non-hydrogen) atoms. The summed E-state index contributed by atoms with van der Waals surface area (Å²) in [5, 5.41) is 12.2. The van der Waals surface area contributed by atoms with Crippen LogP contribution in [0.5, 0.6) is 0 Å². The van der Waals surface area contributed by atoms with E-state index in [1.54, 1.807) is 27.7 Å². The smallest absolute Gasteiger partial charge is 0.408 e. The molecule has 0 rings (SSSR count). The molecule has 2 amide bonds. The Hall–Kier alpha value is -1.63. The molecular formula is C15H28N2O5. The molecule has 0 saturated heterocycles. The van der Waals surface area contributed by atoms with Crippen LogP contribution in [0.2, 0.25) is 0 Å². The molecule has 2 atom stereocenters. The van der Waals surface area contributed by atoms with Gasteiger partial charge in [-0.3, -0.25) is 14.8 Å². The third-order valence-electron chi connectivity index (χ3n) is 3.00. The fraction of sp³-hybridized carbons (Fsp3) is 0.800. The quantitative estimate of drug-likeness (QED) is 0.386. The van der Waals surface area contributed by atoms with Crippen molar-refractivity contribution in [3.8, 4) is 0 Å². The van der Waals surface area contributed by atoms with Gasteiger partial charge in [-0.05, 0) is 34.1 Å². The first kappa shape index (κ1) is 20.4. The largest absolute Gasteiger partial charge is 0.444 e. The van der Waals surface area contributed by atoms with Gasteiger partial charge in [0.2, 0.25) is 6.41 Å². The second kappa shape index (κ2) is 9.40. The summed E-state index contributed by atoms with van der Waals surface area (Å²) in [6, 6.07) is -0.753. The van der Waals surface area contributed by atoms with Crippen LogP contribution in [0.15, 0.2) is 0 Å². The molecule has 0 saturated carbocycles. The van der Waals surface area contributed by atoms with Crippen molar-refractivity contribution >= 4 is 18.3 Å². The maximum absolute atomic E-state index is 12.4. The summed E-state index contributed by atoms with van der Waals surface area (Å²) in [4.78, 5) is 34.6. The van der Waals surface area contributed by atoms with E-state index in [1.807, 2.05) is 6.92 Å². The number of Topliss-reactive ketones (excluding diaryl/α,β-unsaturated/α-hetero) is 1. The SMILES string of the molecule is CCCC[C@H](CN(O)C=O)C(=O)[C@H](C)NC(=O)OC(C)(C)C. The third kappa shape index (κ3) is 8.61. The molecule has 0 unspecified atom stereocenters. The topological polar surface area (TPSA) is 95.9 Å². The lowest BCUT2D eigenvalue weighted by Gasteiger charge is -2.24. The molecule has 0 aliphatic carbocycles. The molecule has 0 bridgehead atoms. The number of hydrogen-bond donors (Lipinski definition) is 2. The molecule has 128 valence electrons. The predicted molar refractivity (Wildman–Crippen MR) is 81.4 cm³/mol. The van der Waals surface area contributed by atoms with Crippen molar-refractivity contribution < 1.29 is 24.3 Å². The van der Waals surface area contributed by atoms with Gasteiger partial charge in [0.1, 0.15) is 5.60 Å². The zero-order chi connectivity index (χ0) is 17.3. The number of hydrogen-bond acceptors (Lipinski definition) is 5. The van der Waals surface area contributed by atoms with Crippen molar-refractivity contribution in [3.05, 3.63) is 0 Å². The van der Waals surface area contributed by atoms with Crippen LogP contribution in [0.3, 0.4) is 0 Å². The van der Waals surface area contributed by atoms with E-state index in [4.69, 9.17) is 4.74 Å². The maximum Gasteiger partial charge on any atom is 0.408 e. The molecule has 0 spiro atoms. The van der Waals surface area contributed by atoms with E-state index in [0.29, 0.717) is 11.5 Å². The Balaban J connectivity index is 4.68. The summed E-state index contributed by atoms with van der Waals surface area (Å²) >= 11 is 0. The van der Waals surface area contributed by atoms with E-state index in [-0.39, 0.29) is 18.7 Å². The lowest BCUT2D eigenvalue weighted by Crippen LogP contribution is -2.45. The van der Waals surface area contributed by atoms with E-state index in [0.717, 1.165) is 12.8 Å². The van der Waals surface area contributed by atoms with Crippen LogP contribution in [0.1, 0.15) is 53.9 Å². The lowest BCUT2D eigenvalue weighted by atomic mass is 9.93. The van der Waals surface area contributed by atoms with E-state index < -0.39 is 23.7 Å². The Morgan fingerprint density at radius 1 is 1.36 bits per heavy atom. The van der Waals surface area contributed by atoms with Gasteiger partial charge in [-0.15, -0.1) is 0 Å². The molecule has 0 aliphatic rings. The highest BCUT2D eigenvalue weighted by molar-refractivity contribution is 5.89. The summed E-state index contributed by atoms with van der Waals surface area (Å²) in [5.74, 6) is -0.764. The fourth-order valence-corrected chi connectivity index (χ4v) is 1.95. The molecule has 0 aromatic rings. The van der Waals surface area contributed by atoms with Gasteiger partial charge in [-0.1, -0.05) is 19.8 Å². The van der Waals surface area contributed by atoms with Gasteiger partial charge in [0, 0.05) is 5.92 Å². The van der Waals surface area contributed by atoms with E-state index in [9.17, 15) is 19.6 Å². The number of unbranched alkanes of at least 4 members (excludes halogenated alkanes) is 1. The normalized spacial score (nSPS) is 13.9. The standard InChI is InChI=1S/C15H28N2O5/c1-6-7-8-12(9-17(21)10-18)13(19)11(2)16-14(20)22-15(3,4)5/h10-12,21H,6-9H2,1-5H3,(H,16,20)/t11-,12+/m0/s1. The van der Waals surface area contributed by atoms with Crippen molar-refractivity contribution in [2.45, 2.75) is 65.5 Å². The molecule has 0 aromatic heterocycles. The van der Waals surface area contributed by atoms with Crippen molar-refractivity contribution in [1.82, 2.24) is 10.4 Å². The molecule has 7 nitrogen and oxygen atoms in total. The van der Waals surface area contributed by atoms with Gasteiger partial charge in [-0.2, -0.15) is 0 Å². The number of rotatable bonds is 9. The molecule has 7 heteroatoms. The number of carbonyl (C=O) groups is 3. The molecule has 0 aromatic carbocycles. The van der Waals surface area contributed by atoms with Gasteiger partial charge in [0.05, 0.1) is 12.6 Å². The number of nitrogens with zero attached hydrogens (tertiary/aromatic N) is 1. The van der Waals surface area contributed by atoms with Gasteiger partial charge in [0.25, 0.3) is 0 Å². The zero-order valence-electron chi connectivity index (χ0n) is 14.1. The first-order valence-electron chi connectivity index (χ1n) is 7.54. The summed E-state index contributed by atoms with van der Waals surface area (Å²) in [7, 11) is 0. The average molecular weight is 316 g/mol. The fourth-order valence-electron chi connectivity index (χ4n) is 1.95. The minimum Gasteiger partial charge on any atom is -0.444 e. The summed E-state index contributed by atoms with van der Waals surface area (Å²) in [6.45, 7) is 8.67. The van der Waals surface area contributed by atoms with Crippen LogP contribution in [0.4, 0.5) is 4.79 Å². The van der Waals surface area contributed by atoms with Crippen molar-refractivity contribution in [2.75, 3.05) is 6.54 Å². The second-order valence-corrected chi connectivity index (χ2v) is 6.34. The van der Waals surface area contributed by atoms with Crippen LogP contribution in [-0.2, 0) is 14.3 Å². The Morgan fingerprint density at radius 3 is 2.41 bits per heavy atom. The molecular weight excluding hydrogens is 288 g/mol. The van der Waals surface area contributed by atoms with Crippen LogP contribution < -0.4 is 5.32 Å². The maximum atomic E-state index is 12.4. The Labute approximate surface area is 132 Å². The summed E-state index contributed by atoms with van der Waals surface area (Å²) in [5.41, 5.74) is -0.645. The number of nitrogens with one attached hydrogen (secondary N) is 1. The molecule has 0 heterocycles. The first-order chi connectivity index (χ1) is 10.1. The molecule has 0 radical (unpaired) electrons. The number of ether oxygens (including phenoxy) is 1. The number of alkyl carbamates (subject to hydrolysis) is 1.